The minimum atomic E-state index is -0.118. The summed E-state index contributed by atoms with van der Waals surface area (Å²) in [6, 6.07) is 11.6. The van der Waals surface area contributed by atoms with Crippen molar-refractivity contribution < 1.29 is 9.53 Å². The van der Waals surface area contributed by atoms with Gasteiger partial charge in [0.25, 0.3) is 0 Å². The third kappa shape index (κ3) is 5.56. The van der Waals surface area contributed by atoms with Crippen molar-refractivity contribution in [3.8, 4) is 0 Å². The highest BCUT2D eigenvalue weighted by molar-refractivity contribution is 5.91. The quantitative estimate of drug-likeness (QED) is 0.581. The number of nitrogens with one attached hydrogen (secondary N) is 2. The monoisotopic (exact) mass is 353 g/mol. The fourth-order valence-electron chi connectivity index (χ4n) is 2.58. The van der Waals surface area contributed by atoms with Gasteiger partial charge in [0.1, 0.15) is 18.0 Å². The molecule has 7 heteroatoms. The zero-order valence-corrected chi connectivity index (χ0v) is 14.6. The van der Waals surface area contributed by atoms with Crippen LogP contribution in [0.3, 0.4) is 0 Å². The van der Waals surface area contributed by atoms with E-state index in [0.717, 1.165) is 43.5 Å². The number of amides is 1. The maximum atomic E-state index is 11.8. The van der Waals surface area contributed by atoms with Crippen molar-refractivity contribution in [2.75, 3.05) is 49.6 Å². The molecule has 0 spiro atoms. The summed E-state index contributed by atoms with van der Waals surface area (Å²) in [7, 11) is 0. The van der Waals surface area contributed by atoms with Gasteiger partial charge in [-0.25, -0.2) is 9.97 Å². The van der Waals surface area contributed by atoms with Gasteiger partial charge in [-0.2, -0.15) is 0 Å². The Hall–Kier alpha value is -2.93. The van der Waals surface area contributed by atoms with Crippen molar-refractivity contribution in [3.05, 3.63) is 54.4 Å². The minimum absolute atomic E-state index is 0.118. The molecule has 1 aromatic carbocycles. The van der Waals surface area contributed by atoms with E-state index in [4.69, 9.17) is 4.74 Å². The molecule has 26 heavy (non-hydrogen) atoms. The molecular weight excluding hydrogens is 330 g/mol. The maximum absolute atomic E-state index is 11.8. The van der Waals surface area contributed by atoms with E-state index < -0.39 is 0 Å². The summed E-state index contributed by atoms with van der Waals surface area (Å²) in [5.74, 6) is 1.52. The number of aromatic nitrogens is 2. The Morgan fingerprint density at radius 3 is 2.77 bits per heavy atom. The van der Waals surface area contributed by atoms with Crippen molar-refractivity contribution in [2.45, 2.75) is 0 Å². The first kappa shape index (κ1) is 17.9. The summed E-state index contributed by atoms with van der Waals surface area (Å²) in [5, 5.41) is 6.05. The fourth-order valence-corrected chi connectivity index (χ4v) is 2.58. The molecule has 0 saturated carbocycles. The molecule has 1 amide bonds. The summed E-state index contributed by atoms with van der Waals surface area (Å²) in [4.78, 5) is 22.5. The number of hydrogen-bond donors (Lipinski definition) is 2. The second-order valence-corrected chi connectivity index (χ2v) is 5.82. The van der Waals surface area contributed by atoms with Crippen LogP contribution in [0.4, 0.5) is 11.6 Å². The highest BCUT2D eigenvalue weighted by Crippen LogP contribution is 2.15. The Labute approximate surface area is 153 Å². The van der Waals surface area contributed by atoms with E-state index in [-0.39, 0.29) is 5.91 Å². The molecule has 1 aliphatic heterocycles. The van der Waals surface area contributed by atoms with E-state index in [2.05, 4.69) is 25.5 Å². The van der Waals surface area contributed by atoms with Gasteiger partial charge in [-0.3, -0.25) is 4.79 Å². The SMILES string of the molecule is O=C(/C=C/c1ccccc1)NCCNc1cc(N2CCOCC2)ncn1. The number of rotatable bonds is 7. The normalized spacial score (nSPS) is 14.4. The van der Waals surface area contributed by atoms with E-state index >= 15 is 0 Å². The fraction of sp³-hybridized carbons (Fsp3) is 0.316. The molecule has 1 aromatic heterocycles. The van der Waals surface area contributed by atoms with Crippen molar-refractivity contribution in [3.63, 3.8) is 0 Å². The van der Waals surface area contributed by atoms with Crippen LogP contribution in [0, 0.1) is 0 Å². The maximum Gasteiger partial charge on any atom is 0.244 e. The van der Waals surface area contributed by atoms with Gasteiger partial charge in [-0.15, -0.1) is 0 Å². The van der Waals surface area contributed by atoms with Gasteiger partial charge in [0.15, 0.2) is 0 Å². The van der Waals surface area contributed by atoms with Crippen LogP contribution in [0.5, 0.6) is 0 Å². The first-order valence-corrected chi connectivity index (χ1v) is 8.71. The zero-order chi connectivity index (χ0) is 18.0. The predicted octanol–water partition coefficient (Wildman–Crippen LogP) is 1.55. The van der Waals surface area contributed by atoms with E-state index in [0.29, 0.717) is 13.1 Å². The highest BCUT2D eigenvalue weighted by atomic mass is 16.5. The van der Waals surface area contributed by atoms with Crippen LogP contribution in [0.1, 0.15) is 5.56 Å². The molecule has 0 atom stereocenters. The van der Waals surface area contributed by atoms with Crippen molar-refractivity contribution in [1.29, 1.82) is 0 Å². The average molecular weight is 353 g/mol. The lowest BCUT2D eigenvalue weighted by atomic mass is 10.2. The van der Waals surface area contributed by atoms with Gasteiger partial charge in [0.2, 0.25) is 5.91 Å². The molecule has 1 saturated heterocycles. The Kier molecular flexibility index (Phi) is 6.55. The Morgan fingerprint density at radius 2 is 1.96 bits per heavy atom. The molecule has 3 rings (SSSR count). The molecule has 2 heterocycles. The molecule has 2 aromatic rings. The number of morpholine rings is 1. The molecule has 0 unspecified atom stereocenters. The van der Waals surface area contributed by atoms with Crippen LogP contribution >= 0.6 is 0 Å². The number of carbonyl (C=O) groups is 1. The highest BCUT2D eigenvalue weighted by Gasteiger charge is 2.12. The van der Waals surface area contributed by atoms with E-state index in [1.165, 1.54) is 6.08 Å². The van der Waals surface area contributed by atoms with Crippen molar-refractivity contribution in [1.82, 2.24) is 15.3 Å². The summed E-state index contributed by atoms with van der Waals surface area (Å²) in [5.41, 5.74) is 0.998. The summed E-state index contributed by atoms with van der Waals surface area (Å²) >= 11 is 0. The number of anilines is 2. The minimum Gasteiger partial charge on any atom is -0.378 e. The summed E-state index contributed by atoms with van der Waals surface area (Å²) in [6.45, 7) is 4.20. The van der Waals surface area contributed by atoms with Crippen molar-refractivity contribution >= 4 is 23.6 Å². The lowest BCUT2D eigenvalue weighted by Gasteiger charge is -2.27. The number of nitrogens with zero attached hydrogens (tertiary/aromatic N) is 3. The molecular formula is C19H23N5O2. The topological polar surface area (TPSA) is 79.4 Å². The van der Waals surface area contributed by atoms with E-state index in [1.54, 1.807) is 12.4 Å². The van der Waals surface area contributed by atoms with Crippen molar-refractivity contribution in [2.24, 2.45) is 0 Å². The van der Waals surface area contributed by atoms with Gasteiger partial charge in [-0.05, 0) is 11.6 Å². The predicted molar refractivity (Wildman–Crippen MR) is 102 cm³/mol. The Bertz CT molecular complexity index is 730. The summed E-state index contributed by atoms with van der Waals surface area (Å²) < 4.78 is 5.35. The Balaban J connectivity index is 1.40. The average Bonchev–Trinajstić information content (AvgIpc) is 2.71. The Morgan fingerprint density at radius 1 is 1.15 bits per heavy atom. The first-order valence-electron chi connectivity index (χ1n) is 8.71. The molecule has 7 nitrogen and oxygen atoms in total. The van der Waals surface area contributed by atoms with Gasteiger partial charge in [0.05, 0.1) is 13.2 Å². The van der Waals surface area contributed by atoms with Crippen LogP contribution in [0.25, 0.3) is 6.08 Å². The van der Waals surface area contributed by atoms with E-state index in [9.17, 15) is 4.79 Å². The molecule has 1 aliphatic rings. The molecule has 136 valence electrons. The smallest absolute Gasteiger partial charge is 0.244 e. The first-order chi connectivity index (χ1) is 12.8. The lowest BCUT2D eigenvalue weighted by Crippen LogP contribution is -2.36. The third-order valence-corrected chi connectivity index (χ3v) is 3.94. The second-order valence-electron chi connectivity index (χ2n) is 5.82. The number of carbonyl (C=O) groups excluding carboxylic acids is 1. The van der Waals surface area contributed by atoms with Crippen LogP contribution in [-0.4, -0.2) is 55.3 Å². The summed E-state index contributed by atoms with van der Waals surface area (Å²) in [6.07, 6.45) is 4.88. The van der Waals surface area contributed by atoms with E-state index in [1.807, 2.05) is 36.4 Å². The lowest BCUT2D eigenvalue weighted by molar-refractivity contribution is -0.116. The molecule has 0 radical (unpaired) electrons. The molecule has 1 fully saturated rings. The number of hydrogen-bond acceptors (Lipinski definition) is 6. The van der Waals surface area contributed by atoms with Gasteiger partial charge in [-0.1, -0.05) is 30.3 Å². The second kappa shape index (κ2) is 9.53. The third-order valence-electron chi connectivity index (χ3n) is 3.94. The molecule has 2 N–H and O–H groups in total. The molecule has 0 bridgehead atoms. The van der Waals surface area contributed by atoms with Crippen LogP contribution in [0.15, 0.2) is 48.8 Å². The number of benzene rings is 1. The molecule has 0 aliphatic carbocycles. The zero-order valence-electron chi connectivity index (χ0n) is 14.6. The number of ether oxygens (including phenoxy) is 1. The standard InChI is InChI=1S/C19H23N5O2/c25-19(7-6-16-4-2-1-3-5-16)21-9-8-20-17-14-18(23-15-22-17)24-10-12-26-13-11-24/h1-7,14-15H,8-13H2,(H,21,25)(H,20,22,23)/b7-6+. The van der Waals surface area contributed by atoms with Crippen LogP contribution in [-0.2, 0) is 9.53 Å². The largest absolute Gasteiger partial charge is 0.378 e. The van der Waals surface area contributed by atoms with Crippen LogP contribution in [0.2, 0.25) is 0 Å². The van der Waals surface area contributed by atoms with Gasteiger partial charge >= 0.3 is 0 Å². The van der Waals surface area contributed by atoms with Gasteiger partial charge < -0.3 is 20.3 Å². The van der Waals surface area contributed by atoms with Crippen LogP contribution < -0.4 is 15.5 Å². The van der Waals surface area contributed by atoms with Gasteiger partial charge in [0, 0.05) is 38.3 Å².